The Morgan fingerprint density at radius 1 is 1.00 bits per heavy atom. The zero-order chi connectivity index (χ0) is 35.8. The van der Waals surface area contributed by atoms with Crippen molar-refractivity contribution in [2.75, 3.05) is 36.7 Å². The average molecular weight is 711 g/mol. The van der Waals surface area contributed by atoms with Crippen LogP contribution < -0.4 is 20.9 Å². The van der Waals surface area contributed by atoms with Gasteiger partial charge in [-0.15, -0.1) is 23.1 Å². The largest absolute Gasteiger partial charge is 0.465 e. The molecule has 1 aliphatic rings. The molecule has 3 amide bonds. The van der Waals surface area contributed by atoms with Crippen molar-refractivity contribution in [2.24, 2.45) is 5.92 Å². The summed E-state index contributed by atoms with van der Waals surface area (Å²) in [6.45, 7) is 4.13. The van der Waals surface area contributed by atoms with Crippen LogP contribution in [-0.2, 0) is 27.2 Å². The number of nitrogens with one attached hydrogen (secondary N) is 3. The summed E-state index contributed by atoms with van der Waals surface area (Å²) in [5, 5.41) is 8.80. The number of fused-ring (bicyclic) bond motifs is 1. The van der Waals surface area contributed by atoms with Gasteiger partial charge in [-0.05, 0) is 91.3 Å². The first-order valence-electron chi connectivity index (χ1n) is 16.5. The number of thioether (sulfide) groups is 1. The van der Waals surface area contributed by atoms with Gasteiger partial charge in [0.25, 0.3) is 11.8 Å². The fourth-order valence-corrected chi connectivity index (χ4v) is 8.07. The molecular weight excluding hydrogens is 669 g/mol. The smallest absolute Gasteiger partial charge is 0.341 e. The summed E-state index contributed by atoms with van der Waals surface area (Å²) >= 11 is 2.83. The summed E-state index contributed by atoms with van der Waals surface area (Å²) in [6, 6.07) is 23.6. The topological polar surface area (TPSA) is 117 Å². The molecule has 260 valence electrons. The van der Waals surface area contributed by atoms with Gasteiger partial charge in [0.15, 0.2) is 0 Å². The lowest BCUT2D eigenvalue weighted by Gasteiger charge is -2.18. The lowest BCUT2D eigenvalue weighted by molar-refractivity contribution is -0.116. The zero-order valence-electron chi connectivity index (χ0n) is 28.9. The molecule has 3 N–H and O–H groups in total. The van der Waals surface area contributed by atoms with Gasteiger partial charge in [0, 0.05) is 40.8 Å². The first-order valence-corrected chi connectivity index (χ1v) is 18.2. The Hall–Kier alpha value is -4.87. The van der Waals surface area contributed by atoms with Gasteiger partial charge in [0.2, 0.25) is 5.91 Å². The first-order chi connectivity index (χ1) is 24.1. The standard InChI is InChI=1S/C39H42N4O5S2/c1-6-32(37(46)42-38-34(39(47)48-5)30-20-15-24(2)21-33(30)50-38)49-29-14-10-13-27(23-29)40-36(45)31(41-35(44)26-11-8-7-9-12-26)22-25-16-18-28(19-17-25)43(3)4/h7-14,16-19,22-24,32H,6,15,20-21H2,1-5H3,(H,40,45)(H,41,44)(H,42,46)/b31-22+. The maximum absolute atomic E-state index is 13.7. The summed E-state index contributed by atoms with van der Waals surface area (Å²) in [5.41, 5.74) is 4.20. The van der Waals surface area contributed by atoms with E-state index in [0.29, 0.717) is 34.2 Å². The molecule has 1 heterocycles. The predicted octanol–water partition coefficient (Wildman–Crippen LogP) is 7.64. The van der Waals surface area contributed by atoms with Crippen molar-refractivity contribution in [2.45, 2.75) is 49.7 Å². The van der Waals surface area contributed by atoms with Crippen LogP contribution in [0.15, 0.2) is 89.5 Å². The molecule has 2 atom stereocenters. The SMILES string of the molecule is CCC(Sc1cccc(NC(=O)/C(=C\c2ccc(N(C)C)cc2)NC(=O)c2ccccc2)c1)C(=O)Nc1sc2c(c1C(=O)OC)CCC(C)C2. The molecular formula is C39H42N4O5S2. The number of benzene rings is 3. The summed E-state index contributed by atoms with van der Waals surface area (Å²) in [6.07, 6.45) is 4.82. The van der Waals surface area contributed by atoms with Gasteiger partial charge in [0.05, 0.1) is 17.9 Å². The Kier molecular flexibility index (Phi) is 12.2. The highest BCUT2D eigenvalue weighted by Gasteiger charge is 2.30. The van der Waals surface area contributed by atoms with E-state index in [-0.39, 0.29) is 11.6 Å². The molecule has 4 aromatic rings. The molecule has 9 nitrogen and oxygen atoms in total. The third kappa shape index (κ3) is 9.02. The molecule has 0 saturated heterocycles. The minimum absolute atomic E-state index is 0.0785. The predicted molar refractivity (Wildman–Crippen MR) is 203 cm³/mol. The van der Waals surface area contributed by atoms with Crippen molar-refractivity contribution in [3.8, 4) is 0 Å². The van der Waals surface area contributed by atoms with E-state index in [9.17, 15) is 19.2 Å². The molecule has 1 aliphatic carbocycles. The second-order valence-electron chi connectivity index (χ2n) is 12.4. The van der Waals surface area contributed by atoms with Crippen LogP contribution in [0.2, 0.25) is 0 Å². The minimum Gasteiger partial charge on any atom is -0.465 e. The van der Waals surface area contributed by atoms with Crippen LogP contribution in [0.5, 0.6) is 0 Å². The number of carbonyl (C=O) groups is 4. The van der Waals surface area contributed by atoms with Crippen LogP contribution in [0.4, 0.5) is 16.4 Å². The van der Waals surface area contributed by atoms with Crippen LogP contribution in [0.25, 0.3) is 6.08 Å². The number of rotatable bonds is 12. The molecule has 0 radical (unpaired) electrons. The Balaban J connectivity index is 1.32. The number of nitrogens with zero attached hydrogens (tertiary/aromatic N) is 1. The molecule has 0 aliphatic heterocycles. The molecule has 0 bridgehead atoms. The second kappa shape index (κ2) is 16.7. The Morgan fingerprint density at radius 2 is 1.74 bits per heavy atom. The Labute approximate surface area is 301 Å². The van der Waals surface area contributed by atoms with Crippen LogP contribution >= 0.6 is 23.1 Å². The monoisotopic (exact) mass is 710 g/mol. The van der Waals surface area contributed by atoms with Crippen LogP contribution in [0, 0.1) is 5.92 Å². The fourth-order valence-electron chi connectivity index (χ4n) is 5.66. The number of hydrogen-bond acceptors (Lipinski definition) is 8. The van der Waals surface area contributed by atoms with E-state index in [1.807, 2.05) is 62.3 Å². The van der Waals surface area contributed by atoms with E-state index in [1.54, 1.807) is 48.5 Å². The number of carbonyl (C=O) groups excluding carboxylic acids is 4. The van der Waals surface area contributed by atoms with Gasteiger partial charge >= 0.3 is 5.97 Å². The highest BCUT2D eigenvalue weighted by Crippen LogP contribution is 2.40. The van der Waals surface area contributed by atoms with Gasteiger partial charge in [0.1, 0.15) is 10.7 Å². The van der Waals surface area contributed by atoms with E-state index in [1.165, 1.54) is 30.2 Å². The van der Waals surface area contributed by atoms with Crippen LogP contribution in [0.1, 0.15) is 63.4 Å². The number of thiophene rings is 1. The van der Waals surface area contributed by atoms with Gasteiger partial charge in [-0.3, -0.25) is 14.4 Å². The highest BCUT2D eigenvalue weighted by molar-refractivity contribution is 8.00. The molecule has 1 aromatic heterocycles. The molecule has 3 aromatic carbocycles. The Morgan fingerprint density at radius 3 is 2.42 bits per heavy atom. The molecule has 0 fully saturated rings. The van der Waals surface area contributed by atoms with Crippen LogP contribution in [-0.4, -0.2) is 50.1 Å². The first kappa shape index (κ1) is 36.4. The lowest BCUT2D eigenvalue weighted by Crippen LogP contribution is -2.30. The normalized spacial score (nSPS) is 14.6. The van der Waals surface area contributed by atoms with E-state index >= 15 is 0 Å². The number of hydrogen-bond donors (Lipinski definition) is 3. The average Bonchev–Trinajstić information content (AvgIpc) is 3.47. The van der Waals surface area contributed by atoms with Gasteiger partial charge in [-0.25, -0.2) is 4.79 Å². The molecule has 0 spiro atoms. The fraction of sp³-hybridized carbons (Fsp3) is 0.282. The van der Waals surface area contributed by atoms with Gasteiger partial charge in [-0.1, -0.05) is 50.2 Å². The molecule has 2 unspecified atom stereocenters. The van der Waals surface area contributed by atoms with E-state index < -0.39 is 23.0 Å². The maximum atomic E-state index is 13.7. The summed E-state index contributed by atoms with van der Waals surface area (Å²) in [4.78, 5) is 57.0. The third-order valence-corrected chi connectivity index (χ3v) is 10.9. The zero-order valence-corrected chi connectivity index (χ0v) is 30.5. The van der Waals surface area contributed by atoms with Gasteiger partial charge in [-0.2, -0.15) is 0 Å². The van der Waals surface area contributed by atoms with Crippen LogP contribution in [0.3, 0.4) is 0 Å². The van der Waals surface area contributed by atoms with Crippen molar-refractivity contribution in [1.29, 1.82) is 0 Å². The van der Waals surface area contributed by atoms with Crippen molar-refractivity contribution < 1.29 is 23.9 Å². The number of esters is 1. The number of amides is 3. The second-order valence-corrected chi connectivity index (χ2v) is 14.8. The highest BCUT2D eigenvalue weighted by atomic mass is 32.2. The maximum Gasteiger partial charge on any atom is 0.341 e. The quantitative estimate of drug-likeness (QED) is 0.0786. The lowest BCUT2D eigenvalue weighted by atomic mass is 9.88. The Bertz CT molecular complexity index is 1890. The van der Waals surface area contributed by atoms with E-state index in [0.717, 1.165) is 45.8 Å². The van der Waals surface area contributed by atoms with Crippen molar-refractivity contribution in [3.05, 3.63) is 112 Å². The van der Waals surface area contributed by atoms with Crippen molar-refractivity contribution >= 4 is 69.2 Å². The molecule has 50 heavy (non-hydrogen) atoms. The summed E-state index contributed by atoms with van der Waals surface area (Å²) in [7, 11) is 5.25. The molecule has 0 saturated carbocycles. The van der Waals surface area contributed by atoms with Crippen molar-refractivity contribution in [1.82, 2.24) is 5.32 Å². The molecule has 5 rings (SSSR count). The minimum atomic E-state index is -0.496. The summed E-state index contributed by atoms with van der Waals surface area (Å²) < 4.78 is 5.09. The van der Waals surface area contributed by atoms with E-state index in [2.05, 4.69) is 22.9 Å². The number of ether oxygens (including phenoxy) is 1. The number of anilines is 3. The van der Waals surface area contributed by atoms with E-state index in [4.69, 9.17) is 4.74 Å². The number of methoxy groups -OCH3 is 1. The van der Waals surface area contributed by atoms with Crippen molar-refractivity contribution in [3.63, 3.8) is 0 Å². The summed E-state index contributed by atoms with van der Waals surface area (Å²) in [5.74, 6) is -1.03. The third-order valence-electron chi connectivity index (χ3n) is 8.42. The van der Waals surface area contributed by atoms with Gasteiger partial charge < -0.3 is 25.6 Å². The molecule has 11 heteroatoms.